The topological polar surface area (TPSA) is 159 Å². The molecule has 0 saturated carbocycles. The van der Waals surface area contributed by atoms with Crippen LogP contribution in [0.2, 0.25) is 0 Å². The van der Waals surface area contributed by atoms with Crippen molar-refractivity contribution >= 4 is 28.7 Å². The van der Waals surface area contributed by atoms with Crippen molar-refractivity contribution in [1.82, 2.24) is 9.80 Å². The average Bonchev–Trinajstić information content (AvgIpc) is 3.27. The first kappa shape index (κ1) is 43.1. The Labute approximate surface area is 344 Å². The molecule has 0 bridgehead atoms. The third-order valence-electron chi connectivity index (χ3n) is 10.6. The van der Waals surface area contributed by atoms with Crippen molar-refractivity contribution in [2.24, 2.45) is 11.5 Å². The number of nitrogens with one attached hydrogen (secondary N) is 2. The molecule has 4 aromatic rings. The Hall–Kier alpha value is -6.08. The molecule has 304 valence electrons. The quantitative estimate of drug-likeness (QED) is 0.0357. The van der Waals surface area contributed by atoms with E-state index in [0.717, 1.165) is 120 Å². The molecule has 0 aliphatic carbocycles. The Balaban J connectivity index is 0.000000221. The van der Waals surface area contributed by atoms with Gasteiger partial charge in [-0.15, -0.1) is 0 Å². The molecule has 58 heavy (non-hydrogen) atoms. The largest absolute Gasteiger partial charge is 0.494 e. The van der Waals surface area contributed by atoms with E-state index in [1.54, 1.807) is 12.1 Å². The van der Waals surface area contributed by atoms with Crippen molar-refractivity contribution < 1.29 is 9.47 Å². The molecule has 0 radical (unpaired) electrons. The molecule has 2 fully saturated rings. The number of anilines is 2. The minimum absolute atomic E-state index is 0.0771. The van der Waals surface area contributed by atoms with E-state index in [0.29, 0.717) is 17.9 Å². The van der Waals surface area contributed by atoms with Gasteiger partial charge in [0.15, 0.2) is 5.69 Å². The molecule has 12 nitrogen and oxygen atoms in total. The van der Waals surface area contributed by atoms with Gasteiger partial charge in [-0.3, -0.25) is 20.6 Å². The Kier molecular flexibility index (Phi) is 17.2. The van der Waals surface area contributed by atoms with Crippen molar-refractivity contribution in [3.05, 3.63) is 125 Å². The van der Waals surface area contributed by atoms with Crippen LogP contribution in [0.4, 0.5) is 17.1 Å². The summed E-state index contributed by atoms with van der Waals surface area (Å²) < 4.78 is 11.5. The standard InChI is InChI=1S/C23H32N6O.C23H26N4O/c24-22(25)18-4-8-20(9-5-18)29-15-13-28(14-16-29)12-2-1-3-17-30-21-10-6-19(7-11-21)23(26)27;1-25-21-7-11-23(12-8-21)28-18-4-2-3-13-26-14-16-27(17-15-26)22-9-5-20(19-24)6-10-22/h4-11H,1-3,12-17H2,(H3,24,25)(H3,26,27);5-12H,2-4,13-18H2. The maximum atomic E-state index is 8.90. The van der Waals surface area contributed by atoms with Crippen LogP contribution in [0, 0.1) is 28.7 Å². The van der Waals surface area contributed by atoms with Crippen molar-refractivity contribution in [3.63, 3.8) is 0 Å². The molecule has 2 aliphatic rings. The summed E-state index contributed by atoms with van der Waals surface area (Å²) in [7, 11) is 0. The van der Waals surface area contributed by atoms with E-state index in [4.69, 9.17) is 43.6 Å². The summed E-state index contributed by atoms with van der Waals surface area (Å²) in [6.07, 6.45) is 6.78. The lowest BCUT2D eigenvalue weighted by Crippen LogP contribution is -2.46. The fraction of sp³-hybridized carbons (Fsp3) is 0.391. The number of nitrogens with two attached hydrogens (primary N) is 2. The number of amidine groups is 2. The number of hydrogen-bond acceptors (Lipinski definition) is 9. The summed E-state index contributed by atoms with van der Waals surface area (Å²) in [5.74, 6) is 1.86. The molecule has 2 saturated heterocycles. The van der Waals surface area contributed by atoms with Gasteiger partial charge in [0.2, 0.25) is 0 Å². The second-order valence-corrected chi connectivity index (χ2v) is 14.6. The number of piperazine rings is 2. The molecule has 12 heteroatoms. The minimum atomic E-state index is 0.0771. The van der Waals surface area contributed by atoms with Crippen molar-refractivity contribution in [2.75, 3.05) is 88.5 Å². The lowest BCUT2D eigenvalue weighted by atomic mass is 10.1. The second kappa shape index (κ2) is 23.2. The van der Waals surface area contributed by atoms with E-state index < -0.39 is 0 Å². The third kappa shape index (κ3) is 14.1. The van der Waals surface area contributed by atoms with Crippen molar-refractivity contribution in [1.29, 1.82) is 16.1 Å². The minimum Gasteiger partial charge on any atom is -0.494 e. The van der Waals surface area contributed by atoms with Crippen LogP contribution in [0.15, 0.2) is 97.1 Å². The molecule has 0 aromatic heterocycles. The summed E-state index contributed by atoms with van der Waals surface area (Å²) in [6.45, 7) is 19.1. The molecule has 6 N–H and O–H groups in total. The van der Waals surface area contributed by atoms with Gasteiger partial charge in [0.25, 0.3) is 0 Å². The number of unbranched alkanes of at least 4 members (excludes halogenated alkanes) is 4. The molecule has 4 aromatic carbocycles. The molecule has 0 atom stereocenters. The third-order valence-corrected chi connectivity index (χ3v) is 10.6. The van der Waals surface area contributed by atoms with E-state index in [-0.39, 0.29) is 11.7 Å². The monoisotopic (exact) mass is 782 g/mol. The number of nitrogen functional groups attached to an aromatic ring is 2. The van der Waals surface area contributed by atoms with Gasteiger partial charge in [0.1, 0.15) is 23.2 Å². The first-order valence-corrected chi connectivity index (χ1v) is 20.4. The fourth-order valence-corrected chi connectivity index (χ4v) is 7.01. The summed E-state index contributed by atoms with van der Waals surface area (Å²) >= 11 is 0. The molecule has 0 spiro atoms. The molecule has 2 heterocycles. The van der Waals surface area contributed by atoms with E-state index in [1.165, 1.54) is 24.2 Å². The van der Waals surface area contributed by atoms with Gasteiger partial charge in [0.05, 0.1) is 31.4 Å². The highest BCUT2D eigenvalue weighted by atomic mass is 16.5. The molecule has 0 unspecified atom stereocenters. The van der Waals surface area contributed by atoms with Gasteiger partial charge in [-0.05, 0) is 137 Å². The normalized spacial score (nSPS) is 14.4. The SMILES string of the molecule is N=C(N)c1ccc(OCCCCCN2CCN(c3ccc(C(=N)N)cc3)CC2)cc1.[C-]#[N+]c1ccc(OCCCCCN2CCN(c3ccc(C#N)cc3)CC2)cc1. The zero-order chi connectivity index (χ0) is 41.0. The first-order valence-electron chi connectivity index (χ1n) is 20.4. The van der Waals surface area contributed by atoms with Crippen LogP contribution in [0.5, 0.6) is 11.5 Å². The lowest BCUT2D eigenvalue weighted by molar-refractivity contribution is 0.246. The van der Waals surface area contributed by atoms with Crippen LogP contribution in [-0.4, -0.2) is 100 Å². The highest BCUT2D eigenvalue weighted by Gasteiger charge is 2.18. The Bertz CT molecular complexity index is 1920. The van der Waals surface area contributed by atoms with Crippen LogP contribution in [0.25, 0.3) is 4.85 Å². The highest BCUT2D eigenvalue weighted by molar-refractivity contribution is 5.95. The number of nitriles is 1. The summed E-state index contributed by atoms with van der Waals surface area (Å²) in [5.41, 5.74) is 16.2. The predicted octanol–water partition coefficient (Wildman–Crippen LogP) is 7.11. The molecular formula is C46H58N10O2. The Morgan fingerprint density at radius 1 is 0.569 bits per heavy atom. The molecule has 6 rings (SSSR count). The van der Waals surface area contributed by atoms with Crippen molar-refractivity contribution in [2.45, 2.75) is 38.5 Å². The van der Waals surface area contributed by atoms with Crippen LogP contribution in [0.1, 0.15) is 55.2 Å². The maximum Gasteiger partial charge on any atom is 0.187 e. The Morgan fingerprint density at radius 3 is 1.36 bits per heavy atom. The van der Waals surface area contributed by atoms with E-state index >= 15 is 0 Å². The van der Waals surface area contributed by atoms with Gasteiger partial charge < -0.3 is 30.7 Å². The summed E-state index contributed by atoms with van der Waals surface area (Å²) in [4.78, 5) is 13.2. The summed E-state index contributed by atoms with van der Waals surface area (Å²) in [6, 6.07) is 32.7. The second-order valence-electron chi connectivity index (χ2n) is 14.6. The van der Waals surface area contributed by atoms with Crippen LogP contribution < -0.4 is 30.7 Å². The predicted molar refractivity (Wildman–Crippen MR) is 235 cm³/mol. The zero-order valence-corrected chi connectivity index (χ0v) is 33.6. The maximum absolute atomic E-state index is 8.90. The lowest BCUT2D eigenvalue weighted by Gasteiger charge is -2.36. The van der Waals surface area contributed by atoms with Gasteiger partial charge >= 0.3 is 0 Å². The van der Waals surface area contributed by atoms with Crippen LogP contribution >= 0.6 is 0 Å². The number of rotatable bonds is 18. The van der Waals surface area contributed by atoms with Gasteiger partial charge in [-0.2, -0.15) is 5.26 Å². The van der Waals surface area contributed by atoms with Gasteiger partial charge in [-0.1, -0.05) is 12.1 Å². The van der Waals surface area contributed by atoms with Gasteiger partial charge in [0, 0.05) is 74.9 Å². The highest BCUT2D eigenvalue weighted by Crippen LogP contribution is 2.21. The first-order chi connectivity index (χ1) is 28.3. The smallest absolute Gasteiger partial charge is 0.187 e. The van der Waals surface area contributed by atoms with Crippen molar-refractivity contribution in [3.8, 4) is 17.6 Å². The molecule has 2 aliphatic heterocycles. The zero-order valence-electron chi connectivity index (χ0n) is 33.6. The van der Waals surface area contributed by atoms with E-state index in [2.05, 4.69) is 42.6 Å². The number of hydrogen-bond donors (Lipinski definition) is 4. The average molecular weight is 783 g/mol. The van der Waals surface area contributed by atoms with E-state index in [1.807, 2.05) is 72.8 Å². The van der Waals surface area contributed by atoms with Gasteiger partial charge in [-0.25, -0.2) is 4.85 Å². The number of ether oxygens (including phenoxy) is 2. The van der Waals surface area contributed by atoms with Crippen LogP contribution in [-0.2, 0) is 0 Å². The fourth-order valence-electron chi connectivity index (χ4n) is 7.01. The van der Waals surface area contributed by atoms with Crippen LogP contribution in [0.3, 0.4) is 0 Å². The summed E-state index contributed by atoms with van der Waals surface area (Å²) in [5, 5.41) is 23.8. The molecule has 0 amide bonds. The number of benzene rings is 4. The Morgan fingerprint density at radius 2 is 0.966 bits per heavy atom. The molecular weight excluding hydrogens is 725 g/mol. The van der Waals surface area contributed by atoms with E-state index in [9.17, 15) is 0 Å². The number of nitrogens with zero attached hydrogens (tertiary/aromatic N) is 6.